The largest absolute Gasteiger partial charge is 0.405 e. The quantitative estimate of drug-likeness (QED) is 0.222. The lowest BCUT2D eigenvalue weighted by atomic mass is 10.1. The van der Waals surface area contributed by atoms with E-state index in [1.807, 2.05) is 12.1 Å². The molecule has 0 aliphatic carbocycles. The summed E-state index contributed by atoms with van der Waals surface area (Å²) in [5.41, 5.74) is -1.07. The second-order valence-electron chi connectivity index (χ2n) is 7.20. The molecule has 0 bridgehead atoms. The van der Waals surface area contributed by atoms with Gasteiger partial charge in [-0.2, -0.15) is 10.5 Å². The lowest BCUT2D eigenvalue weighted by molar-refractivity contribution is -0.0795. The van der Waals surface area contributed by atoms with E-state index in [0.29, 0.717) is 0 Å². The Morgan fingerprint density at radius 1 is 1.21 bits per heavy atom. The molecule has 0 spiro atoms. The van der Waals surface area contributed by atoms with Gasteiger partial charge in [0.1, 0.15) is 18.3 Å². The fraction of sp³-hybridized carbons (Fsp3) is 0.684. The summed E-state index contributed by atoms with van der Waals surface area (Å²) in [6.45, 7) is 1.20. The smallest absolute Gasteiger partial charge is 0.387 e. The van der Waals surface area contributed by atoms with Gasteiger partial charge in [0.25, 0.3) is 5.56 Å². The third-order valence-electron chi connectivity index (χ3n) is 4.77. The van der Waals surface area contributed by atoms with E-state index >= 15 is 0 Å². The van der Waals surface area contributed by atoms with Crippen LogP contribution in [0.5, 0.6) is 0 Å². The number of nitriles is 2. The first-order chi connectivity index (χ1) is 16.3. The van der Waals surface area contributed by atoms with Crippen molar-refractivity contribution in [2.75, 3.05) is 40.1 Å². The number of hydrogen-bond acceptors (Lipinski definition) is 11. The molecular formula is C19H28N5O9P. The van der Waals surface area contributed by atoms with E-state index < -0.39 is 43.5 Å². The predicted octanol–water partition coefficient (Wildman–Crippen LogP) is -0.307. The van der Waals surface area contributed by atoms with Crippen molar-refractivity contribution in [3.05, 3.63) is 32.6 Å². The third-order valence-corrected chi connectivity index (χ3v) is 6.38. The molecule has 0 aromatic carbocycles. The molecule has 188 valence electrons. The number of rotatable bonds is 14. The number of aliphatic hydroxyl groups is 1. The normalized spacial score (nSPS) is 22.4. The van der Waals surface area contributed by atoms with Gasteiger partial charge < -0.3 is 19.3 Å². The van der Waals surface area contributed by atoms with E-state index in [2.05, 4.69) is 10.1 Å². The number of nitrogens with one attached hydrogen (secondary N) is 2. The summed E-state index contributed by atoms with van der Waals surface area (Å²) >= 11 is 0. The van der Waals surface area contributed by atoms with Gasteiger partial charge in [0, 0.05) is 25.4 Å². The van der Waals surface area contributed by atoms with Crippen molar-refractivity contribution in [3.8, 4) is 12.1 Å². The molecule has 1 aliphatic heterocycles. The summed E-state index contributed by atoms with van der Waals surface area (Å²) < 4.78 is 40.9. The van der Waals surface area contributed by atoms with E-state index in [9.17, 15) is 19.3 Å². The first-order valence-corrected chi connectivity index (χ1v) is 11.9. The van der Waals surface area contributed by atoms with Crippen LogP contribution in [0.15, 0.2) is 15.8 Å². The second-order valence-corrected chi connectivity index (χ2v) is 9.03. The van der Waals surface area contributed by atoms with Crippen LogP contribution in [-0.2, 0) is 27.8 Å². The lowest BCUT2D eigenvalue weighted by Crippen LogP contribution is -2.41. The predicted molar refractivity (Wildman–Crippen MR) is 116 cm³/mol. The van der Waals surface area contributed by atoms with Gasteiger partial charge in [-0.15, -0.1) is 0 Å². The number of methoxy groups -OCH3 is 1. The van der Waals surface area contributed by atoms with Crippen molar-refractivity contribution in [1.82, 2.24) is 14.6 Å². The molecule has 0 saturated carbocycles. The van der Waals surface area contributed by atoms with Gasteiger partial charge >= 0.3 is 13.4 Å². The standard InChI is InChI=1S/C19H28N5O9P/c1-13-12-24(19(27)23-17(13)26)18-16(30-10-9-29-2)15(25)14(33-18)11-22-34(28,31-7-3-5-20)32-8-4-6-21/h12,14-16,18,25H,3-4,7-11H2,1-2H3,(H,22,28)(H,23,26,27). The van der Waals surface area contributed by atoms with E-state index in [4.69, 9.17) is 33.8 Å². The highest BCUT2D eigenvalue weighted by molar-refractivity contribution is 7.51. The van der Waals surface area contributed by atoms with Gasteiger partial charge in [-0.3, -0.25) is 23.4 Å². The zero-order valence-corrected chi connectivity index (χ0v) is 19.7. The van der Waals surface area contributed by atoms with Gasteiger partial charge in [0.05, 0.1) is 51.4 Å². The van der Waals surface area contributed by atoms with Crippen molar-refractivity contribution in [2.24, 2.45) is 0 Å². The molecule has 1 aromatic heterocycles. The Balaban J connectivity index is 2.21. The van der Waals surface area contributed by atoms with Crippen LogP contribution in [0, 0.1) is 29.6 Å². The van der Waals surface area contributed by atoms with Crippen LogP contribution >= 0.6 is 7.75 Å². The first kappa shape index (κ1) is 27.9. The molecule has 4 atom stereocenters. The molecule has 15 heteroatoms. The highest BCUT2D eigenvalue weighted by Crippen LogP contribution is 2.44. The van der Waals surface area contributed by atoms with Crippen molar-refractivity contribution in [3.63, 3.8) is 0 Å². The first-order valence-electron chi connectivity index (χ1n) is 10.4. The Hall–Kier alpha value is -2.39. The van der Waals surface area contributed by atoms with Gasteiger partial charge in [-0.05, 0) is 6.92 Å². The zero-order chi connectivity index (χ0) is 25.1. The number of aromatic amines is 1. The zero-order valence-electron chi connectivity index (χ0n) is 18.8. The number of hydrogen-bond donors (Lipinski definition) is 3. The third kappa shape index (κ3) is 7.56. The monoisotopic (exact) mass is 501 g/mol. The van der Waals surface area contributed by atoms with Crippen LogP contribution in [0.3, 0.4) is 0 Å². The molecular weight excluding hydrogens is 473 g/mol. The summed E-state index contributed by atoms with van der Waals surface area (Å²) in [4.78, 5) is 26.3. The molecule has 14 nitrogen and oxygen atoms in total. The average molecular weight is 501 g/mol. The minimum atomic E-state index is -3.94. The number of aryl methyl sites for hydroxylation is 1. The number of nitrogens with zero attached hydrogens (tertiary/aromatic N) is 3. The fourth-order valence-corrected chi connectivity index (χ4v) is 4.41. The van der Waals surface area contributed by atoms with Crippen molar-refractivity contribution < 1.29 is 32.9 Å². The van der Waals surface area contributed by atoms with Gasteiger partial charge in [0.15, 0.2) is 6.23 Å². The van der Waals surface area contributed by atoms with Gasteiger partial charge in [0.2, 0.25) is 0 Å². The van der Waals surface area contributed by atoms with Crippen LogP contribution in [0.2, 0.25) is 0 Å². The molecule has 0 radical (unpaired) electrons. The maximum absolute atomic E-state index is 13.0. The minimum absolute atomic E-state index is 0.0399. The van der Waals surface area contributed by atoms with E-state index in [1.54, 1.807) is 0 Å². The number of ether oxygens (including phenoxy) is 3. The Morgan fingerprint density at radius 2 is 1.85 bits per heavy atom. The highest BCUT2D eigenvalue weighted by Gasteiger charge is 2.46. The second kappa shape index (κ2) is 13.5. The molecule has 1 saturated heterocycles. The molecule has 0 amide bonds. The minimum Gasteiger partial charge on any atom is -0.387 e. The number of aliphatic hydroxyl groups excluding tert-OH is 1. The topological polar surface area (TPSA) is 198 Å². The van der Waals surface area contributed by atoms with Crippen LogP contribution in [0.1, 0.15) is 24.6 Å². The van der Waals surface area contributed by atoms with Crippen molar-refractivity contribution in [1.29, 1.82) is 10.5 Å². The maximum Gasteiger partial charge on any atom is 0.405 e. The Bertz CT molecular complexity index is 1020. The highest BCUT2D eigenvalue weighted by atomic mass is 31.2. The molecule has 3 N–H and O–H groups in total. The molecule has 34 heavy (non-hydrogen) atoms. The summed E-state index contributed by atoms with van der Waals surface area (Å²) in [6, 6.07) is 3.70. The molecule has 2 rings (SSSR count). The Kier molecular flexibility index (Phi) is 11.0. The van der Waals surface area contributed by atoms with E-state index in [1.165, 1.54) is 20.2 Å². The molecule has 1 fully saturated rings. The van der Waals surface area contributed by atoms with Crippen LogP contribution in [-0.4, -0.2) is 73.1 Å². The van der Waals surface area contributed by atoms with Crippen LogP contribution in [0.4, 0.5) is 0 Å². The summed E-state index contributed by atoms with van der Waals surface area (Å²) in [5.74, 6) is 0. The summed E-state index contributed by atoms with van der Waals surface area (Å²) in [7, 11) is -2.47. The average Bonchev–Trinajstić information content (AvgIpc) is 3.11. The molecule has 1 aromatic rings. The summed E-state index contributed by atoms with van der Waals surface area (Å²) in [5, 5.41) is 30.8. The van der Waals surface area contributed by atoms with Gasteiger partial charge in [-0.1, -0.05) is 0 Å². The Labute approximate surface area is 195 Å². The lowest BCUT2D eigenvalue weighted by Gasteiger charge is -2.22. The maximum atomic E-state index is 13.0. The van der Waals surface area contributed by atoms with Crippen LogP contribution < -0.4 is 16.3 Å². The van der Waals surface area contributed by atoms with Gasteiger partial charge in [-0.25, -0.2) is 14.4 Å². The number of H-pyrrole nitrogens is 1. The number of aromatic nitrogens is 2. The van der Waals surface area contributed by atoms with Crippen LogP contribution in [0.25, 0.3) is 0 Å². The summed E-state index contributed by atoms with van der Waals surface area (Å²) in [6.07, 6.45) is -3.22. The molecule has 1 aliphatic rings. The Morgan fingerprint density at radius 3 is 2.44 bits per heavy atom. The van der Waals surface area contributed by atoms with E-state index in [0.717, 1.165) is 4.57 Å². The molecule has 4 unspecified atom stereocenters. The van der Waals surface area contributed by atoms with Crippen molar-refractivity contribution in [2.45, 2.75) is 44.3 Å². The van der Waals surface area contributed by atoms with Crippen molar-refractivity contribution >= 4 is 7.75 Å². The van der Waals surface area contributed by atoms with E-state index in [-0.39, 0.29) is 51.4 Å². The fourth-order valence-electron chi connectivity index (χ4n) is 3.09. The SMILES string of the molecule is COCCOC1C(O)C(CNP(=O)(OCCC#N)OCCC#N)OC1n1cc(C)c(=O)[nH]c1=O. The molecule has 2 heterocycles.